The van der Waals surface area contributed by atoms with Crippen molar-refractivity contribution in [2.24, 2.45) is 0 Å². The van der Waals surface area contributed by atoms with Crippen LogP contribution in [0.5, 0.6) is 17.2 Å². The van der Waals surface area contributed by atoms with Crippen LogP contribution in [0.2, 0.25) is 0 Å². The maximum absolute atomic E-state index is 12.9. The van der Waals surface area contributed by atoms with E-state index in [1.807, 2.05) is 25.1 Å². The predicted molar refractivity (Wildman–Crippen MR) is 139 cm³/mol. The van der Waals surface area contributed by atoms with Gasteiger partial charge in [0.2, 0.25) is 15.9 Å². The maximum Gasteiger partial charge on any atom is 0.248 e. The van der Waals surface area contributed by atoms with E-state index in [9.17, 15) is 13.2 Å². The minimum atomic E-state index is -3.68. The van der Waals surface area contributed by atoms with Crippen LogP contribution in [0.1, 0.15) is 46.1 Å². The zero-order valence-corrected chi connectivity index (χ0v) is 22.0. The summed E-state index contributed by atoms with van der Waals surface area (Å²) < 4.78 is 43.9. The Morgan fingerprint density at radius 3 is 2.31 bits per heavy atom. The third-order valence-electron chi connectivity index (χ3n) is 5.22. The number of ether oxygens (including phenoxy) is 3. The fourth-order valence-electron chi connectivity index (χ4n) is 3.35. The van der Waals surface area contributed by atoms with Crippen LogP contribution in [-0.4, -0.2) is 52.0 Å². The van der Waals surface area contributed by atoms with Gasteiger partial charge in [-0.25, -0.2) is 8.42 Å². The van der Waals surface area contributed by atoms with E-state index in [1.165, 1.54) is 35.7 Å². The van der Waals surface area contributed by atoms with E-state index in [4.69, 9.17) is 14.2 Å². The van der Waals surface area contributed by atoms with Gasteiger partial charge in [0.05, 0.1) is 30.9 Å². The molecule has 0 aliphatic rings. The van der Waals surface area contributed by atoms with Crippen molar-refractivity contribution in [2.75, 3.05) is 38.7 Å². The summed E-state index contributed by atoms with van der Waals surface area (Å²) in [5.41, 5.74) is 1.03. The Balaban J connectivity index is 2.22. The number of carbonyl (C=O) groups is 1. The van der Waals surface area contributed by atoms with Gasteiger partial charge in [-0.05, 0) is 55.3 Å². The van der Waals surface area contributed by atoms with Gasteiger partial charge in [-0.1, -0.05) is 33.3 Å². The number of amides is 1. The Morgan fingerprint density at radius 1 is 0.971 bits per heavy atom. The highest BCUT2D eigenvalue weighted by atomic mass is 32.2. The number of hydrogen-bond donors (Lipinski definition) is 1. The molecular weight excluding hydrogens is 468 g/mol. The molecule has 0 aliphatic carbocycles. The van der Waals surface area contributed by atoms with Crippen LogP contribution in [-0.2, 0) is 14.8 Å². The monoisotopic (exact) mass is 504 g/mol. The molecule has 8 nitrogen and oxygen atoms in total. The Hall–Kier alpha value is -3.04. The van der Waals surface area contributed by atoms with Crippen molar-refractivity contribution in [2.45, 2.75) is 45.4 Å². The van der Waals surface area contributed by atoms with E-state index in [2.05, 4.69) is 12.2 Å². The zero-order valence-electron chi connectivity index (χ0n) is 21.2. The topological polar surface area (TPSA) is 94.2 Å². The summed E-state index contributed by atoms with van der Waals surface area (Å²) in [7, 11) is -2.22. The Kier molecular flexibility index (Phi) is 11.1. The number of unbranched alkanes of at least 4 members (excludes halogenated alkanes) is 1. The molecule has 0 bridgehead atoms. The van der Waals surface area contributed by atoms with Gasteiger partial charge in [0.1, 0.15) is 5.75 Å². The second-order valence-corrected chi connectivity index (χ2v) is 9.55. The zero-order chi connectivity index (χ0) is 25.8. The first kappa shape index (κ1) is 28.2. The van der Waals surface area contributed by atoms with E-state index in [0.29, 0.717) is 43.6 Å². The lowest BCUT2D eigenvalue weighted by atomic mass is 10.2. The molecule has 2 aromatic rings. The van der Waals surface area contributed by atoms with Crippen LogP contribution in [0.25, 0.3) is 6.08 Å². The predicted octanol–water partition coefficient (Wildman–Crippen LogP) is 4.96. The summed E-state index contributed by atoms with van der Waals surface area (Å²) in [6.07, 6.45) is 5.01. The summed E-state index contributed by atoms with van der Waals surface area (Å²) in [5.74, 6) is 1.21. The summed E-state index contributed by atoms with van der Waals surface area (Å²) in [6.45, 7) is 9.35. The number of anilines is 1. The van der Waals surface area contributed by atoms with E-state index in [0.717, 1.165) is 18.4 Å². The second-order valence-electron chi connectivity index (χ2n) is 7.62. The first-order chi connectivity index (χ1) is 16.8. The molecular formula is C26H36N2O6S. The van der Waals surface area contributed by atoms with E-state index >= 15 is 0 Å². The largest absolute Gasteiger partial charge is 0.495 e. The fourth-order valence-corrected chi connectivity index (χ4v) is 4.83. The molecule has 0 fully saturated rings. The lowest BCUT2D eigenvalue weighted by Crippen LogP contribution is -2.30. The number of nitrogens with zero attached hydrogens (tertiary/aromatic N) is 1. The molecule has 35 heavy (non-hydrogen) atoms. The average molecular weight is 505 g/mol. The van der Waals surface area contributed by atoms with E-state index in [-0.39, 0.29) is 10.6 Å². The summed E-state index contributed by atoms with van der Waals surface area (Å²) in [4.78, 5) is 12.7. The SMILES string of the molecule is CCCCOc1ccc(/C=C/C(=O)Nc2cc(S(=O)(=O)N(CC)CC)ccc2OC)cc1OCC. The van der Waals surface area contributed by atoms with Gasteiger partial charge < -0.3 is 19.5 Å². The first-order valence-corrected chi connectivity index (χ1v) is 13.3. The van der Waals surface area contributed by atoms with Gasteiger partial charge in [-0.3, -0.25) is 4.79 Å². The third-order valence-corrected chi connectivity index (χ3v) is 7.27. The molecule has 192 valence electrons. The molecule has 2 aromatic carbocycles. The minimum absolute atomic E-state index is 0.0845. The summed E-state index contributed by atoms with van der Waals surface area (Å²) >= 11 is 0. The molecule has 0 spiro atoms. The van der Waals surface area contributed by atoms with Crippen LogP contribution in [0, 0.1) is 0 Å². The highest BCUT2D eigenvalue weighted by Gasteiger charge is 2.23. The molecule has 0 aliphatic heterocycles. The van der Waals surface area contributed by atoms with Gasteiger partial charge >= 0.3 is 0 Å². The van der Waals surface area contributed by atoms with Crippen LogP contribution in [0.4, 0.5) is 5.69 Å². The molecule has 2 rings (SSSR count). The van der Waals surface area contributed by atoms with Crippen molar-refractivity contribution in [3.63, 3.8) is 0 Å². The molecule has 0 unspecified atom stereocenters. The number of carbonyl (C=O) groups excluding carboxylic acids is 1. The van der Waals surface area contributed by atoms with Crippen molar-refractivity contribution in [1.29, 1.82) is 0 Å². The Bertz CT molecular complexity index is 1110. The minimum Gasteiger partial charge on any atom is -0.495 e. The van der Waals surface area contributed by atoms with Gasteiger partial charge in [0, 0.05) is 19.2 Å². The number of nitrogens with one attached hydrogen (secondary N) is 1. The first-order valence-electron chi connectivity index (χ1n) is 11.9. The molecule has 0 radical (unpaired) electrons. The fraction of sp³-hybridized carbons (Fsp3) is 0.423. The van der Waals surface area contributed by atoms with Gasteiger partial charge in [-0.15, -0.1) is 0 Å². The Morgan fingerprint density at radius 2 is 1.69 bits per heavy atom. The van der Waals surface area contributed by atoms with Crippen molar-refractivity contribution < 1.29 is 27.4 Å². The maximum atomic E-state index is 12.9. The van der Waals surface area contributed by atoms with Crippen LogP contribution >= 0.6 is 0 Å². The van der Waals surface area contributed by atoms with Gasteiger partial charge in [0.25, 0.3) is 0 Å². The summed E-state index contributed by atoms with van der Waals surface area (Å²) in [5, 5.41) is 2.72. The molecule has 0 heterocycles. The number of sulfonamides is 1. The third kappa shape index (κ3) is 7.73. The molecule has 0 saturated heterocycles. The molecule has 0 aromatic heterocycles. The highest BCUT2D eigenvalue weighted by Crippen LogP contribution is 2.30. The number of methoxy groups -OCH3 is 1. The van der Waals surface area contributed by atoms with Crippen LogP contribution in [0.15, 0.2) is 47.4 Å². The Labute approximate surface area is 208 Å². The lowest BCUT2D eigenvalue weighted by Gasteiger charge is -2.19. The molecule has 0 saturated carbocycles. The number of hydrogen-bond acceptors (Lipinski definition) is 6. The van der Waals surface area contributed by atoms with Crippen molar-refractivity contribution in [3.05, 3.63) is 48.0 Å². The number of benzene rings is 2. The highest BCUT2D eigenvalue weighted by molar-refractivity contribution is 7.89. The smallest absolute Gasteiger partial charge is 0.248 e. The molecule has 9 heteroatoms. The average Bonchev–Trinajstić information content (AvgIpc) is 2.84. The second kappa shape index (κ2) is 13.7. The number of rotatable bonds is 14. The normalized spacial score (nSPS) is 11.6. The quantitative estimate of drug-likeness (QED) is 0.289. The van der Waals surface area contributed by atoms with E-state index < -0.39 is 15.9 Å². The van der Waals surface area contributed by atoms with Crippen LogP contribution in [0.3, 0.4) is 0 Å². The van der Waals surface area contributed by atoms with Gasteiger partial charge in [-0.2, -0.15) is 4.31 Å². The standard InChI is InChI=1S/C26H36N2O6S/c1-6-10-17-34-24-14-11-20(18-25(24)33-9-4)12-16-26(29)27-22-19-21(13-15-23(22)32-5)35(30,31)28(7-2)8-3/h11-16,18-19H,6-10,17H2,1-5H3,(H,27,29)/b16-12+. The molecule has 1 amide bonds. The van der Waals surface area contributed by atoms with Gasteiger partial charge in [0.15, 0.2) is 11.5 Å². The lowest BCUT2D eigenvalue weighted by molar-refractivity contribution is -0.111. The molecule has 0 atom stereocenters. The molecule has 1 N–H and O–H groups in total. The summed E-state index contributed by atoms with van der Waals surface area (Å²) in [6, 6.07) is 9.88. The van der Waals surface area contributed by atoms with E-state index in [1.54, 1.807) is 19.9 Å². The van der Waals surface area contributed by atoms with Crippen LogP contribution < -0.4 is 19.5 Å². The van der Waals surface area contributed by atoms with Crippen molar-refractivity contribution >= 4 is 27.7 Å². The van der Waals surface area contributed by atoms with Crippen molar-refractivity contribution in [3.8, 4) is 17.2 Å². The van der Waals surface area contributed by atoms with Crippen molar-refractivity contribution in [1.82, 2.24) is 4.31 Å².